The molecule has 0 spiro atoms. The van der Waals surface area contributed by atoms with Crippen molar-refractivity contribution in [2.45, 2.75) is 13.5 Å². The minimum Gasteiger partial charge on any atom is -0.327 e. The van der Waals surface area contributed by atoms with E-state index >= 15 is 0 Å². The van der Waals surface area contributed by atoms with Gasteiger partial charge >= 0.3 is 5.69 Å². The van der Waals surface area contributed by atoms with Gasteiger partial charge in [0.25, 0.3) is 5.56 Å². The maximum absolute atomic E-state index is 12.2. The predicted octanol–water partition coefficient (Wildman–Crippen LogP) is 0.513. The molecule has 2 aliphatic rings. The van der Waals surface area contributed by atoms with Crippen molar-refractivity contribution in [2.75, 3.05) is 0 Å². The molecule has 20 heavy (non-hydrogen) atoms. The van der Waals surface area contributed by atoms with Crippen molar-refractivity contribution < 1.29 is 0 Å². The van der Waals surface area contributed by atoms with Crippen molar-refractivity contribution in [3.63, 3.8) is 0 Å². The molecule has 1 aromatic rings. The van der Waals surface area contributed by atoms with Crippen LogP contribution in [0.5, 0.6) is 0 Å². The highest BCUT2D eigenvalue weighted by molar-refractivity contribution is 5.82. The maximum Gasteiger partial charge on any atom is 0.329 e. The second kappa shape index (κ2) is 4.19. The molecule has 3 rings (SSSR count). The summed E-state index contributed by atoms with van der Waals surface area (Å²) in [5.41, 5.74) is 1.02. The number of H-pyrrole nitrogens is 1. The highest BCUT2D eigenvalue weighted by atomic mass is 16.2. The number of nitrogens with zero attached hydrogens (tertiary/aromatic N) is 2. The summed E-state index contributed by atoms with van der Waals surface area (Å²) in [5.74, 6) is 0. The van der Waals surface area contributed by atoms with Gasteiger partial charge in [-0.15, -0.1) is 0 Å². The Bertz CT molecular complexity index is 962. The summed E-state index contributed by atoms with van der Waals surface area (Å²) in [6, 6.07) is 6.36. The van der Waals surface area contributed by atoms with Gasteiger partial charge in [0.2, 0.25) is 0 Å². The van der Waals surface area contributed by atoms with Gasteiger partial charge in [-0.1, -0.05) is 0 Å². The van der Waals surface area contributed by atoms with Crippen molar-refractivity contribution in [1.82, 2.24) is 14.1 Å². The molecule has 0 saturated heterocycles. The zero-order valence-electron chi connectivity index (χ0n) is 11.1. The predicted molar refractivity (Wildman–Crippen MR) is 76.4 cm³/mol. The van der Waals surface area contributed by atoms with Crippen LogP contribution in [0.4, 0.5) is 0 Å². The van der Waals surface area contributed by atoms with Gasteiger partial charge in [-0.25, -0.2) is 4.79 Å². The Hall–Kier alpha value is -2.63. The Balaban J connectivity index is 2.66. The van der Waals surface area contributed by atoms with Gasteiger partial charge in [0, 0.05) is 19.7 Å². The molecule has 0 bridgehead atoms. The lowest BCUT2D eigenvalue weighted by molar-refractivity contribution is 0.748. The molecule has 1 aliphatic carbocycles. The first kappa shape index (κ1) is 12.4. The molecule has 0 amide bonds. The molecule has 6 nitrogen and oxygen atoms in total. The second-order valence-corrected chi connectivity index (χ2v) is 4.67. The van der Waals surface area contributed by atoms with E-state index < -0.39 is 5.69 Å². The van der Waals surface area contributed by atoms with Crippen LogP contribution in [-0.4, -0.2) is 14.1 Å². The Morgan fingerprint density at radius 2 is 1.90 bits per heavy atom. The maximum atomic E-state index is 12.2. The van der Waals surface area contributed by atoms with E-state index in [1.165, 1.54) is 19.2 Å². The van der Waals surface area contributed by atoms with Crippen molar-refractivity contribution in [1.29, 1.82) is 0 Å². The normalized spacial score (nSPS) is 11.3. The molecule has 1 aliphatic heterocycles. The third-order valence-corrected chi connectivity index (χ3v) is 3.50. The smallest absolute Gasteiger partial charge is 0.327 e. The molecule has 0 radical (unpaired) electrons. The molecular weight excluding hydrogens is 258 g/mol. The van der Waals surface area contributed by atoms with Gasteiger partial charge < -0.3 is 4.57 Å². The number of rotatable bonds is 1. The lowest BCUT2D eigenvalue weighted by atomic mass is 10.1. The SMILES string of the molecule is CCn1c2cc(=O)ccc-2cc2c(=O)n(C)c(=O)[nH]c21. The number of hydrogen-bond acceptors (Lipinski definition) is 3. The summed E-state index contributed by atoms with van der Waals surface area (Å²) < 4.78 is 2.81. The molecule has 2 heterocycles. The van der Waals surface area contributed by atoms with Gasteiger partial charge in [-0.2, -0.15) is 0 Å². The van der Waals surface area contributed by atoms with E-state index in [0.717, 1.165) is 10.1 Å². The molecule has 0 fully saturated rings. The van der Waals surface area contributed by atoms with E-state index in [2.05, 4.69) is 4.98 Å². The molecular formula is C14H13N3O3. The first-order chi connectivity index (χ1) is 9.52. The first-order valence-corrected chi connectivity index (χ1v) is 6.29. The number of aromatic amines is 1. The Labute approximate surface area is 113 Å². The molecule has 0 unspecified atom stereocenters. The average molecular weight is 271 g/mol. The van der Waals surface area contributed by atoms with Crippen LogP contribution in [0.1, 0.15) is 6.92 Å². The zero-order chi connectivity index (χ0) is 14.4. The van der Waals surface area contributed by atoms with Crippen molar-refractivity contribution in [3.8, 4) is 11.3 Å². The number of benzene rings is 1. The largest absolute Gasteiger partial charge is 0.329 e. The zero-order valence-corrected chi connectivity index (χ0v) is 11.1. The fraction of sp³-hybridized carbons (Fsp3) is 0.214. The van der Waals surface area contributed by atoms with Gasteiger partial charge in [0.1, 0.15) is 5.65 Å². The van der Waals surface area contributed by atoms with Crippen LogP contribution < -0.4 is 16.7 Å². The van der Waals surface area contributed by atoms with Gasteiger partial charge in [-0.3, -0.25) is 19.1 Å². The summed E-state index contributed by atoms with van der Waals surface area (Å²) in [5, 5.41) is 0.431. The van der Waals surface area contributed by atoms with Crippen LogP contribution in [0, 0.1) is 0 Å². The van der Waals surface area contributed by atoms with Crippen LogP contribution in [0.3, 0.4) is 0 Å². The van der Waals surface area contributed by atoms with Crippen molar-refractivity contribution >= 4 is 11.0 Å². The molecule has 102 valence electrons. The van der Waals surface area contributed by atoms with Gasteiger partial charge in [-0.05, 0) is 30.7 Å². The number of aryl methyl sites for hydroxylation is 1. The summed E-state index contributed by atoms with van der Waals surface area (Å²) in [4.78, 5) is 38.2. The standard InChI is InChI=1S/C14H13N3O3/c1-3-17-11-7-9(18)5-4-8(11)6-10-12(17)15-14(20)16(2)13(10)19/h4-7H,3H2,1-2H3,(H,15,20). The van der Waals surface area contributed by atoms with Crippen LogP contribution >= 0.6 is 0 Å². The molecule has 0 atom stereocenters. The Morgan fingerprint density at radius 3 is 2.60 bits per heavy atom. The Morgan fingerprint density at radius 1 is 1.15 bits per heavy atom. The minimum absolute atomic E-state index is 0.106. The summed E-state index contributed by atoms with van der Waals surface area (Å²) in [7, 11) is 1.43. The van der Waals surface area contributed by atoms with Crippen LogP contribution in [-0.2, 0) is 13.6 Å². The van der Waals surface area contributed by atoms with Crippen LogP contribution in [0.25, 0.3) is 22.3 Å². The average Bonchev–Trinajstić information content (AvgIpc) is 2.43. The topological polar surface area (TPSA) is 76.9 Å². The lowest BCUT2D eigenvalue weighted by Gasteiger charge is -2.17. The molecule has 1 N–H and O–H groups in total. The van der Waals surface area contributed by atoms with Crippen LogP contribution in [0.15, 0.2) is 38.6 Å². The molecule has 1 aromatic heterocycles. The highest BCUT2D eigenvalue weighted by Gasteiger charge is 2.14. The van der Waals surface area contributed by atoms with E-state index in [4.69, 9.17) is 0 Å². The first-order valence-electron chi connectivity index (χ1n) is 6.29. The van der Waals surface area contributed by atoms with Gasteiger partial charge in [0.15, 0.2) is 5.43 Å². The number of fused-ring (bicyclic) bond motifs is 2. The minimum atomic E-state index is -0.470. The fourth-order valence-electron chi connectivity index (χ4n) is 2.45. The fourth-order valence-corrected chi connectivity index (χ4v) is 2.45. The summed E-state index contributed by atoms with van der Waals surface area (Å²) in [6.45, 7) is 2.44. The molecule has 0 aromatic carbocycles. The van der Waals surface area contributed by atoms with Crippen LogP contribution in [0.2, 0.25) is 0 Å². The molecule has 0 saturated carbocycles. The Kier molecular flexibility index (Phi) is 2.60. The van der Waals surface area contributed by atoms with E-state index in [9.17, 15) is 14.4 Å². The highest BCUT2D eigenvalue weighted by Crippen LogP contribution is 2.23. The van der Waals surface area contributed by atoms with E-state index in [0.29, 0.717) is 23.3 Å². The van der Waals surface area contributed by atoms with Crippen molar-refractivity contribution in [3.05, 3.63) is 55.3 Å². The van der Waals surface area contributed by atoms with Gasteiger partial charge in [0.05, 0.1) is 11.1 Å². The number of aromatic nitrogens is 3. The number of nitrogens with one attached hydrogen (secondary N) is 1. The quantitative estimate of drug-likeness (QED) is 0.655. The third-order valence-electron chi connectivity index (χ3n) is 3.50. The monoisotopic (exact) mass is 271 g/mol. The number of hydrogen-bond donors (Lipinski definition) is 1. The number of pyridine rings is 1. The van der Waals surface area contributed by atoms with E-state index in [-0.39, 0.29) is 11.0 Å². The van der Waals surface area contributed by atoms with Crippen molar-refractivity contribution in [2.24, 2.45) is 7.05 Å². The second-order valence-electron chi connectivity index (χ2n) is 4.67. The summed E-state index contributed by atoms with van der Waals surface area (Å²) >= 11 is 0. The van der Waals surface area contributed by atoms with E-state index in [1.54, 1.807) is 16.7 Å². The molecule has 6 heteroatoms. The summed E-state index contributed by atoms with van der Waals surface area (Å²) in [6.07, 6.45) is 0. The van der Waals surface area contributed by atoms with E-state index in [1.807, 2.05) is 6.92 Å². The lowest BCUT2D eigenvalue weighted by Crippen LogP contribution is -2.33. The third kappa shape index (κ3) is 1.61.